The molecule has 1 aliphatic rings. The summed E-state index contributed by atoms with van der Waals surface area (Å²) in [5.41, 5.74) is 9.25. The Morgan fingerprint density at radius 1 is 1.35 bits per heavy atom. The lowest BCUT2D eigenvalue weighted by atomic mass is 9.99. The van der Waals surface area contributed by atoms with E-state index < -0.39 is 6.04 Å². The van der Waals surface area contributed by atoms with Gasteiger partial charge in [0.25, 0.3) is 0 Å². The number of benzene rings is 1. The first-order chi connectivity index (χ1) is 12.2. The summed E-state index contributed by atoms with van der Waals surface area (Å²) < 4.78 is 5.99. The topological polar surface area (TPSA) is 84.7 Å². The van der Waals surface area contributed by atoms with Crippen molar-refractivity contribution in [2.45, 2.75) is 52.8 Å². The lowest BCUT2D eigenvalue weighted by Gasteiger charge is -2.39. The van der Waals surface area contributed by atoms with Gasteiger partial charge >= 0.3 is 0 Å². The third-order valence-corrected chi connectivity index (χ3v) is 4.97. The van der Waals surface area contributed by atoms with Crippen LogP contribution in [0, 0.1) is 19.8 Å². The van der Waals surface area contributed by atoms with E-state index in [1.807, 2.05) is 27.7 Å². The van der Waals surface area contributed by atoms with E-state index in [0.29, 0.717) is 13.2 Å². The monoisotopic (exact) mass is 361 g/mol. The summed E-state index contributed by atoms with van der Waals surface area (Å²) in [5, 5.41) is 2.66. The van der Waals surface area contributed by atoms with Crippen LogP contribution in [0.4, 0.5) is 0 Å². The lowest BCUT2D eigenvalue weighted by Crippen LogP contribution is -2.53. The van der Waals surface area contributed by atoms with Crippen molar-refractivity contribution in [3.05, 3.63) is 34.9 Å². The molecule has 6 heteroatoms. The van der Waals surface area contributed by atoms with Crippen molar-refractivity contribution in [3.63, 3.8) is 0 Å². The predicted molar refractivity (Wildman–Crippen MR) is 102 cm³/mol. The van der Waals surface area contributed by atoms with E-state index in [2.05, 4.69) is 30.4 Å². The Labute approximate surface area is 156 Å². The first kappa shape index (κ1) is 20.4. The Balaban J connectivity index is 2.02. The van der Waals surface area contributed by atoms with Crippen LogP contribution in [0.25, 0.3) is 0 Å². The van der Waals surface area contributed by atoms with Crippen LogP contribution in [0.2, 0.25) is 0 Å². The van der Waals surface area contributed by atoms with Crippen molar-refractivity contribution in [1.29, 1.82) is 0 Å². The minimum Gasteiger partial charge on any atom is -0.370 e. The summed E-state index contributed by atoms with van der Waals surface area (Å²) in [6.07, 6.45) is -0.149. The number of ether oxygens (including phenoxy) is 1. The summed E-state index contributed by atoms with van der Waals surface area (Å²) in [7, 11) is 0. The fraction of sp³-hybridized carbons (Fsp3) is 0.600. The van der Waals surface area contributed by atoms with Gasteiger partial charge in [-0.05, 0) is 37.8 Å². The molecule has 26 heavy (non-hydrogen) atoms. The summed E-state index contributed by atoms with van der Waals surface area (Å²) in [5.74, 6) is -0.373. The highest BCUT2D eigenvalue weighted by molar-refractivity contribution is 5.87. The number of hydrogen-bond acceptors (Lipinski definition) is 4. The van der Waals surface area contributed by atoms with E-state index in [1.54, 1.807) is 4.90 Å². The number of rotatable bonds is 5. The van der Waals surface area contributed by atoms with Gasteiger partial charge in [-0.15, -0.1) is 0 Å². The Bertz CT molecular complexity index is 660. The molecule has 2 unspecified atom stereocenters. The molecule has 1 aromatic rings. The maximum absolute atomic E-state index is 12.6. The lowest BCUT2D eigenvalue weighted by molar-refractivity contribution is -0.144. The summed E-state index contributed by atoms with van der Waals surface area (Å²) >= 11 is 0. The first-order valence-corrected chi connectivity index (χ1v) is 9.22. The largest absolute Gasteiger partial charge is 0.370 e. The van der Waals surface area contributed by atoms with Crippen LogP contribution < -0.4 is 11.1 Å². The molecule has 0 aromatic heterocycles. The minimum absolute atomic E-state index is 0.0282. The van der Waals surface area contributed by atoms with Gasteiger partial charge in [0.15, 0.2) is 0 Å². The maximum atomic E-state index is 12.6. The fourth-order valence-corrected chi connectivity index (χ4v) is 3.08. The van der Waals surface area contributed by atoms with Gasteiger partial charge in [0.2, 0.25) is 11.8 Å². The SMILES string of the molecule is Cc1ccc(C)c(C2CN(C(=O)CNC(=O)[C@@H](N)C(C)C)C(C)CO2)c1. The molecule has 1 saturated heterocycles. The Hall–Kier alpha value is -1.92. The van der Waals surface area contributed by atoms with Gasteiger partial charge in [0.1, 0.15) is 6.10 Å². The van der Waals surface area contributed by atoms with Crippen LogP contribution in [0.3, 0.4) is 0 Å². The van der Waals surface area contributed by atoms with Crippen LogP contribution in [0.15, 0.2) is 18.2 Å². The molecule has 1 aromatic carbocycles. The van der Waals surface area contributed by atoms with E-state index in [1.165, 1.54) is 5.56 Å². The summed E-state index contributed by atoms with van der Waals surface area (Å²) in [6.45, 7) is 10.7. The maximum Gasteiger partial charge on any atom is 0.242 e. The van der Waals surface area contributed by atoms with Gasteiger partial charge in [0, 0.05) is 0 Å². The molecule has 0 aliphatic carbocycles. The third-order valence-electron chi connectivity index (χ3n) is 4.97. The molecule has 2 amide bonds. The normalized spacial score (nSPS) is 21.6. The third kappa shape index (κ3) is 4.83. The zero-order chi connectivity index (χ0) is 19.4. The molecule has 0 spiro atoms. The van der Waals surface area contributed by atoms with E-state index in [-0.39, 0.29) is 36.4 Å². The van der Waals surface area contributed by atoms with Gasteiger partial charge in [-0.1, -0.05) is 37.6 Å². The van der Waals surface area contributed by atoms with Gasteiger partial charge in [-0.2, -0.15) is 0 Å². The number of hydrogen-bond donors (Lipinski definition) is 2. The van der Waals surface area contributed by atoms with Crippen LogP contribution in [-0.2, 0) is 14.3 Å². The van der Waals surface area contributed by atoms with E-state index in [4.69, 9.17) is 10.5 Å². The number of carbonyl (C=O) groups is 2. The summed E-state index contributed by atoms with van der Waals surface area (Å²) in [4.78, 5) is 26.4. The summed E-state index contributed by atoms with van der Waals surface area (Å²) in [6, 6.07) is 5.63. The fourth-order valence-electron chi connectivity index (χ4n) is 3.08. The van der Waals surface area contributed by atoms with Gasteiger partial charge in [0.05, 0.1) is 31.8 Å². The highest BCUT2D eigenvalue weighted by Crippen LogP contribution is 2.28. The smallest absolute Gasteiger partial charge is 0.242 e. The highest BCUT2D eigenvalue weighted by Gasteiger charge is 2.31. The molecule has 1 heterocycles. The van der Waals surface area contributed by atoms with Crippen molar-refractivity contribution in [1.82, 2.24) is 10.2 Å². The zero-order valence-corrected chi connectivity index (χ0v) is 16.4. The molecule has 0 saturated carbocycles. The number of aryl methyl sites for hydroxylation is 2. The van der Waals surface area contributed by atoms with Gasteiger partial charge in [-0.3, -0.25) is 9.59 Å². The number of carbonyl (C=O) groups excluding carboxylic acids is 2. The second-order valence-corrected chi connectivity index (χ2v) is 7.56. The van der Waals surface area contributed by atoms with Crippen LogP contribution in [0.5, 0.6) is 0 Å². The van der Waals surface area contributed by atoms with Crippen LogP contribution in [0.1, 0.15) is 43.6 Å². The molecular weight excluding hydrogens is 330 g/mol. The Morgan fingerprint density at radius 3 is 2.69 bits per heavy atom. The van der Waals surface area contributed by atoms with E-state index >= 15 is 0 Å². The number of nitrogens with two attached hydrogens (primary N) is 1. The van der Waals surface area contributed by atoms with Gasteiger partial charge < -0.3 is 20.7 Å². The Morgan fingerprint density at radius 2 is 2.04 bits per heavy atom. The molecule has 1 aliphatic heterocycles. The molecule has 0 bridgehead atoms. The molecule has 1 fully saturated rings. The van der Waals surface area contributed by atoms with Crippen molar-refractivity contribution < 1.29 is 14.3 Å². The average molecular weight is 361 g/mol. The van der Waals surface area contributed by atoms with Crippen LogP contribution in [-0.4, -0.2) is 48.5 Å². The van der Waals surface area contributed by atoms with Crippen molar-refractivity contribution in [2.24, 2.45) is 11.7 Å². The molecule has 2 rings (SSSR count). The second kappa shape index (κ2) is 8.64. The molecular formula is C20H31N3O3. The van der Waals surface area contributed by atoms with Crippen molar-refractivity contribution in [3.8, 4) is 0 Å². The van der Waals surface area contributed by atoms with Gasteiger partial charge in [-0.25, -0.2) is 0 Å². The average Bonchev–Trinajstić information content (AvgIpc) is 2.61. The molecule has 0 radical (unpaired) electrons. The molecule has 144 valence electrons. The second-order valence-electron chi connectivity index (χ2n) is 7.56. The Kier molecular flexibility index (Phi) is 6.78. The molecule has 3 atom stereocenters. The van der Waals surface area contributed by atoms with Crippen molar-refractivity contribution in [2.75, 3.05) is 19.7 Å². The number of nitrogens with one attached hydrogen (secondary N) is 1. The standard InChI is InChI=1S/C20H31N3O3/c1-12(2)19(21)20(25)22-9-18(24)23-10-17(26-11-15(23)5)16-8-13(3)6-7-14(16)4/h6-8,12,15,17,19H,9-11,21H2,1-5H3,(H,22,25)/t15?,17?,19-/m0/s1. The number of amides is 2. The minimum atomic E-state index is -0.604. The van der Waals surface area contributed by atoms with E-state index in [0.717, 1.165) is 11.1 Å². The quantitative estimate of drug-likeness (QED) is 0.836. The van der Waals surface area contributed by atoms with Crippen molar-refractivity contribution >= 4 is 11.8 Å². The van der Waals surface area contributed by atoms with E-state index in [9.17, 15) is 9.59 Å². The number of morpholine rings is 1. The molecule has 6 nitrogen and oxygen atoms in total. The number of nitrogens with zero attached hydrogens (tertiary/aromatic N) is 1. The van der Waals surface area contributed by atoms with Crippen LogP contribution >= 0.6 is 0 Å². The first-order valence-electron chi connectivity index (χ1n) is 9.22. The highest BCUT2D eigenvalue weighted by atomic mass is 16.5. The molecule has 3 N–H and O–H groups in total. The zero-order valence-electron chi connectivity index (χ0n) is 16.4. The predicted octanol–water partition coefficient (Wildman–Crippen LogP) is 1.69.